The summed E-state index contributed by atoms with van der Waals surface area (Å²) in [5.41, 5.74) is 1.35. The first-order valence-electron chi connectivity index (χ1n) is 9.32. The molecule has 9 nitrogen and oxygen atoms in total. The normalized spacial score (nSPS) is 10.4. The molecular formula is C21H24N4O5. The van der Waals surface area contributed by atoms with Gasteiger partial charge in [-0.1, -0.05) is 11.2 Å². The number of carbonyl (C=O) groups excluding carboxylic acids is 1. The Hall–Kier alpha value is -3.75. The molecular weight excluding hydrogens is 388 g/mol. The van der Waals surface area contributed by atoms with Crippen molar-refractivity contribution in [2.45, 2.75) is 13.5 Å². The molecule has 1 aromatic heterocycles. The summed E-state index contributed by atoms with van der Waals surface area (Å²) < 4.78 is 21.1. The Bertz CT molecular complexity index is 1000. The quantitative estimate of drug-likeness (QED) is 0.600. The molecule has 0 unspecified atom stereocenters. The van der Waals surface area contributed by atoms with Crippen LogP contribution in [0.3, 0.4) is 0 Å². The van der Waals surface area contributed by atoms with Gasteiger partial charge in [0, 0.05) is 23.9 Å². The topological polar surface area (TPSA) is 99.0 Å². The number of anilines is 1. The highest BCUT2D eigenvalue weighted by Crippen LogP contribution is 2.31. The van der Waals surface area contributed by atoms with Crippen molar-refractivity contribution >= 4 is 11.7 Å². The third-order valence-corrected chi connectivity index (χ3v) is 4.43. The SMILES string of the molecule is CCN(Cc1nc(-c2ccc(OC)c(OC)c2)no1)C(=O)Nc1cccc(OC)c1. The molecule has 0 aliphatic carbocycles. The van der Waals surface area contributed by atoms with Gasteiger partial charge in [-0.25, -0.2) is 4.79 Å². The van der Waals surface area contributed by atoms with Gasteiger partial charge in [-0.2, -0.15) is 4.98 Å². The number of carbonyl (C=O) groups is 1. The number of nitrogens with zero attached hydrogens (tertiary/aromatic N) is 3. The Morgan fingerprint density at radius 3 is 2.57 bits per heavy atom. The molecule has 2 aromatic carbocycles. The van der Waals surface area contributed by atoms with Crippen LogP contribution in [0.4, 0.5) is 10.5 Å². The number of benzene rings is 2. The molecule has 0 fully saturated rings. The predicted octanol–water partition coefficient (Wildman–Crippen LogP) is 3.82. The summed E-state index contributed by atoms with van der Waals surface area (Å²) in [4.78, 5) is 18.6. The van der Waals surface area contributed by atoms with Crippen LogP contribution in [0.5, 0.6) is 17.2 Å². The van der Waals surface area contributed by atoms with E-state index in [1.54, 1.807) is 62.6 Å². The van der Waals surface area contributed by atoms with Gasteiger partial charge in [0.15, 0.2) is 11.5 Å². The zero-order chi connectivity index (χ0) is 21.5. The van der Waals surface area contributed by atoms with Gasteiger partial charge in [0.25, 0.3) is 0 Å². The first kappa shape index (κ1) is 21.0. The van der Waals surface area contributed by atoms with E-state index >= 15 is 0 Å². The highest BCUT2D eigenvalue weighted by atomic mass is 16.5. The molecule has 158 valence electrons. The van der Waals surface area contributed by atoms with E-state index < -0.39 is 0 Å². The molecule has 0 atom stereocenters. The van der Waals surface area contributed by atoms with E-state index in [1.807, 2.05) is 13.0 Å². The second-order valence-corrected chi connectivity index (χ2v) is 6.26. The first-order chi connectivity index (χ1) is 14.6. The van der Waals surface area contributed by atoms with Crippen molar-refractivity contribution in [3.63, 3.8) is 0 Å². The summed E-state index contributed by atoms with van der Waals surface area (Å²) >= 11 is 0. The Balaban J connectivity index is 1.71. The van der Waals surface area contributed by atoms with E-state index in [9.17, 15) is 4.79 Å². The van der Waals surface area contributed by atoms with Gasteiger partial charge >= 0.3 is 6.03 Å². The van der Waals surface area contributed by atoms with E-state index in [0.29, 0.717) is 46.8 Å². The molecule has 2 amide bonds. The number of methoxy groups -OCH3 is 3. The minimum absolute atomic E-state index is 0.173. The summed E-state index contributed by atoms with van der Waals surface area (Å²) in [5.74, 6) is 2.55. The van der Waals surface area contributed by atoms with Gasteiger partial charge in [-0.05, 0) is 37.3 Å². The maximum absolute atomic E-state index is 12.6. The van der Waals surface area contributed by atoms with Gasteiger partial charge in [-0.15, -0.1) is 0 Å². The number of amides is 2. The largest absolute Gasteiger partial charge is 0.497 e. The van der Waals surface area contributed by atoms with Crippen molar-refractivity contribution < 1.29 is 23.5 Å². The van der Waals surface area contributed by atoms with E-state index in [1.165, 1.54) is 0 Å². The van der Waals surface area contributed by atoms with Gasteiger partial charge < -0.3 is 29.0 Å². The van der Waals surface area contributed by atoms with E-state index in [-0.39, 0.29) is 12.6 Å². The van der Waals surface area contributed by atoms with Crippen molar-refractivity contribution in [2.24, 2.45) is 0 Å². The van der Waals surface area contributed by atoms with Crippen LogP contribution in [0.1, 0.15) is 12.8 Å². The van der Waals surface area contributed by atoms with Crippen LogP contribution < -0.4 is 19.5 Å². The molecule has 0 aliphatic rings. The van der Waals surface area contributed by atoms with E-state index in [0.717, 1.165) is 0 Å². The van der Waals surface area contributed by atoms with Crippen LogP contribution in [0, 0.1) is 0 Å². The second-order valence-electron chi connectivity index (χ2n) is 6.26. The standard InChI is InChI=1S/C21H24N4O5/c1-5-25(21(26)22-15-7-6-8-16(12-15)27-2)13-19-23-20(24-30-19)14-9-10-17(28-3)18(11-14)29-4/h6-12H,5,13H2,1-4H3,(H,22,26). The number of nitrogens with one attached hydrogen (secondary N) is 1. The molecule has 30 heavy (non-hydrogen) atoms. The molecule has 9 heteroatoms. The van der Waals surface area contributed by atoms with Crippen LogP contribution in [0.25, 0.3) is 11.4 Å². The van der Waals surface area contributed by atoms with Gasteiger partial charge in [0.2, 0.25) is 11.7 Å². The monoisotopic (exact) mass is 412 g/mol. The molecule has 0 radical (unpaired) electrons. The molecule has 0 spiro atoms. The van der Waals surface area contributed by atoms with Gasteiger partial charge in [-0.3, -0.25) is 0 Å². The molecule has 0 aliphatic heterocycles. The molecule has 1 heterocycles. The molecule has 3 rings (SSSR count). The fourth-order valence-corrected chi connectivity index (χ4v) is 2.81. The minimum Gasteiger partial charge on any atom is -0.497 e. The first-order valence-corrected chi connectivity index (χ1v) is 9.32. The van der Waals surface area contributed by atoms with Crippen LogP contribution >= 0.6 is 0 Å². The lowest BCUT2D eigenvalue weighted by atomic mass is 10.2. The van der Waals surface area contributed by atoms with Crippen molar-refractivity contribution in [3.05, 3.63) is 48.4 Å². The van der Waals surface area contributed by atoms with Crippen LogP contribution in [-0.2, 0) is 6.54 Å². The van der Waals surface area contributed by atoms with E-state index in [4.69, 9.17) is 18.7 Å². The third-order valence-electron chi connectivity index (χ3n) is 4.43. The van der Waals surface area contributed by atoms with Gasteiger partial charge in [0.05, 0.1) is 21.3 Å². The lowest BCUT2D eigenvalue weighted by Gasteiger charge is -2.19. The molecule has 3 aromatic rings. The fourth-order valence-electron chi connectivity index (χ4n) is 2.81. The Morgan fingerprint density at radius 2 is 1.87 bits per heavy atom. The minimum atomic E-state index is -0.281. The molecule has 0 bridgehead atoms. The van der Waals surface area contributed by atoms with Crippen LogP contribution in [0.15, 0.2) is 47.0 Å². The van der Waals surface area contributed by atoms with Crippen molar-refractivity contribution in [2.75, 3.05) is 33.2 Å². The predicted molar refractivity (Wildman–Crippen MR) is 111 cm³/mol. The number of rotatable bonds is 8. The number of hydrogen-bond donors (Lipinski definition) is 1. The maximum atomic E-state index is 12.6. The lowest BCUT2D eigenvalue weighted by molar-refractivity contribution is 0.203. The van der Waals surface area contributed by atoms with Crippen molar-refractivity contribution in [1.29, 1.82) is 0 Å². The van der Waals surface area contributed by atoms with E-state index in [2.05, 4.69) is 15.5 Å². The average molecular weight is 412 g/mol. The summed E-state index contributed by atoms with van der Waals surface area (Å²) in [6, 6.07) is 12.2. The number of ether oxygens (including phenoxy) is 3. The Kier molecular flexibility index (Phi) is 6.74. The third kappa shape index (κ3) is 4.80. The number of hydrogen-bond acceptors (Lipinski definition) is 7. The van der Waals surface area contributed by atoms with Gasteiger partial charge in [0.1, 0.15) is 12.3 Å². The fraction of sp³-hybridized carbons (Fsp3) is 0.286. The van der Waals surface area contributed by atoms with Crippen molar-refractivity contribution in [1.82, 2.24) is 15.0 Å². The van der Waals surface area contributed by atoms with Crippen LogP contribution in [0.2, 0.25) is 0 Å². The average Bonchev–Trinajstić information content (AvgIpc) is 3.25. The van der Waals surface area contributed by atoms with Crippen molar-refractivity contribution in [3.8, 4) is 28.6 Å². The van der Waals surface area contributed by atoms with Crippen LogP contribution in [-0.4, -0.2) is 48.9 Å². The molecule has 1 N–H and O–H groups in total. The highest BCUT2D eigenvalue weighted by Gasteiger charge is 2.18. The zero-order valence-corrected chi connectivity index (χ0v) is 17.3. The number of urea groups is 1. The smallest absolute Gasteiger partial charge is 0.322 e. The second kappa shape index (κ2) is 9.64. The maximum Gasteiger partial charge on any atom is 0.322 e. The molecule has 0 saturated heterocycles. The Morgan fingerprint density at radius 1 is 1.07 bits per heavy atom. The summed E-state index contributed by atoms with van der Waals surface area (Å²) in [7, 11) is 4.70. The molecule has 0 saturated carbocycles. The summed E-state index contributed by atoms with van der Waals surface area (Å²) in [6.07, 6.45) is 0. The summed E-state index contributed by atoms with van der Waals surface area (Å²) in [6.45, 7) is 2.51. The highest BCUT2D eigenvalue weighted by molar-refractivity contribution is 5.89. The Labute approximate surface area is 174 Å². The lowest BCUT2D eigenvalue weighted by Crippen LogP contribution is -2.34. The zero-order valence-electron chi connectivity index (χ0n) is 17.3. The number of aromatic nitrogens is 2. The summed E-state index contributed by atoms with van der Waals surface area (Å²) in [5, 5.41) is 6.85.